The minimum Gasteiger partial charge on any atom is -0.508 e. The molecule has 4 aliphatic heterocycles. The molecule has 42 heteroatoms. The van der Waals surface area contributed by atoms with Gasteiger partial charge in [-0.1, -0.05) is 91.0 Å². The lowest BCUT2D eigenvalue weighted by Crippen LogP contribution is -2.54. The number of ether oxygens (including phenoxy) is 10. The fourth-order valence-corrected chi connectivity index (χ4v) is 23.8. The monoisotopic (exact) mass is 2030 g/mol. The summed E-state index contributed by atoms with van der Waals surface area (Å²) in [5.74, 6) is -1.09. The lowest BCUT2D eigenvalue weighted by atomic mass is 9.98. The Morgan fingerprint density at radius 2 is 0.606 bits per heavy atom. The average Bonchev–Trinajstić information content (AvgIpc) is 0.759. The van der Waals surface area contributed by atoms with Gasteiger partial charge in [0.15, 0.2) is 58.3 Å². The highest BCUT2D eigenvalue weighted by Crippen LogP contribution is 2.41. The second-order valence-electron chi connectivity index (χ2n) is 32.8. The second-order valence-corrected chi connectivity index (χ2v) is 41.8. The highest BCUT2D eigenvalue weighted by Gasteiger charge is 2.56. The molecule has 0 spiro atoms. The van der Waals surface area contributed by atoms with Gasteiger partial charge < -0.3 is 73.7 Å². The van der Waals surface area contributed by atoms with Gasteiger partial charge in [0.1, 0.15) is 66.7 Å². The number of carbonyl (C=O) groups excluding carboxylic acids is 7. The largest absolute Gasteiger partial charge is 0.508 e. The number of sulfone groups is 4. The minimum atomic E-state index is -4.12. The third-order valence-corrected chi connectivity index (χ3v) is 34.3. The first-order valence-electron chi connectivity index (χ1n) is 45.2. The molecule has 4 fully saturated rings. The van der Waals surface area contributed by atoms with Crippen molar-refractivity contribution in [2.24, 2.45) is 0 Å². The van der Waals surface area contributed by atoms with Crippen LogP contribution in [0.2, 0.25) is 0 Å². The normalized spacial score (nSPS) is 15.1. The van der Waals surface area contributed by atoms with Crippen molar-refractivity contribution < 1.29 is 141 Å². The van der Waals surface area contributed by atoms with Crippen LogP contribution in [0.5, 0.6) is 40.2 Å². The number of amides is 7. The predicted octanol–water partition coefficient (Wildman–Crippen LogP) is 8.68. The Hall–Kier alpha value is -13.5. The number of aromatic hydroxyl groups is 1. The maximum absolute atomic E-state index is 13.3. The fourth-order valence-electron chi connectivity index (χ4n) is 16.0. The van der Waals surface area contributed by atoms with Gasteiger partial charge in [-0.3, -0.25) is 54.4 Å². The van der Waals surface area contributed by atoms with Crippen LogP contribution in [0.1, 0.15) is 83.2 Å². The van der Waals surface area contributed by atoms with Crippen LogP contribution in [0, 0.1) is 0 Å². The molecule has 4 heterocycles. The number of phenols is 1. The van der Waals surface area contributed by atoms with Crippen molar-refractivity contribution in [3.63, 3.8) is 0 Å². The molecule has 0 atom stereocenters. The first-order chi connectivity index (χ1) is 68.4. The summed E-state index contributed by atoms with van der Waals surface area (Å²) >= 11 is 0. The van der Waals surface area contributed by atoms with Gasteiger partial charge in [-0.15, -0.1) is 0 Å². The summed E-state index contributed by atoms with van der Waals surface area (Å²) < 4.78 is 152. The zero-order valence-corrected chi connectivity index (χ0v) is 81.1. The molecule has 758 valence electrons. The summed E-state index contributed by atoms with van der Waals surface area (Å²) in [4.78, 5) is 86.0. The van der Waals surface area contributed by atoms with Crippen molar-refractivity contribution in [2.45, 2.75) is 103 Å². The van der Waals surface area contributed by atoms with Crippen LogP contribution in [0.3, 0.4) is 0 Å². The highest BCUT2D eigenvalue weighted by molar-refractivity contribution is 7.94. The first-order valence-corrected chi connectivity index (χ1v) is 51.2. The van der Waals surface area contributed by atoms with E-state index in [1.54, 1.807) is 87.0 Å². The summed E-state index contributed by atoms with van der Waals surface area (Å²) in [7, 11) is -13.2. The molecule has 0 aromatic heterocycles. The molecular weight excluding hydrogens is 1920 g/mol. The standard InChI is InChI=1S/C27H28N2O8S.C27H28N2O7S.C23H28N2O8S.C23H30N2O7S/c30-22-7-5-20(6-8-22)19-1-3-21(4-2-19)25(31)28-15-18-37-23-9-11-24(12-10-23)38(34,35)27(26(32)29-33)13-16-36-17-14-27;30-25(22-8-6-21(7-9-22)20-4-2-1-3-5-20)28-16-19-36-23-10-12-24(13-11-23)37(33,34)27(26(31)29-32)14-17-35-18-15-27;1-31-19-4-2-3-17(15-19)16-21(26)24-11-14-33-18-5-7-20(8-6-18)34(29,30)23(22(27)25-28)9-12-32-13-10-23;1-30-19-4-2-18(3-5-19)10-13-24-14-17-32-20-6-8-21(9-7-20)33(28,29)23(22(26)25-27)11-15-31-16-12-23/h1-12,30,33H,13-18H2,(H,28,31)(H,29,32);1-13,32H,14-19H2,(H,28,30)(H,29,31);2-8,15,28H,9-14,16H2,1H3,(H,24,26)(H,25,27);2-9,24,27H,10-17H2,1H3,(H,25,26). The number of hydroxylamine groups is 4. The molecule has 0 aliphatic carbocycles. The Kier molecular flexibility index (Phi) is 39.7. The van der Waals surface area contributed by atoms with Gasteiger partial charge >= 0.3 is 0 Å². The Morgan fingerprint density at radius 1 is 0.310 bits per heavy atom. The number of rotatable bonds is 39. The molecular formula is C100H114N8O30S4. The van der Waals surface area contributed by atoms with Crippen LogP contribution in [-0.4, -0.2) is 246 Å². The first kappa shape index (κ1) is 109. The Morgan fingerprint density at radius 3 is 0.923 bits per heavy atom. The number of phenolic OH excluding ortho intramolecular Hbond substituents is 1. The molecule has 13 N–H and O–H groups in total. The van der Waals surface area contributed by atoms with Crippen LogP contribution in [0.15, 0.2) is 268 Å². The van der Waals surface area contributed by atoms with Gasteiger partial charge in [0.05, 0.1) is 59.9 Å². The lowest BCUT2D eigenvalue weighted by molar-refractivity contribution is -0.135. The topological polar surface area (TPSA) is 546 Å². The molecule has 0 saturated carbocycles. The fraction of sp³-hybridized carbons (Fsp3) is 0.330. The summed E-state index contributed by atoms with van der Waals surface area (Å²) in [6.07, 6.45) is 0.652. The van der Waals surface area contributed by atoms with E-state index in [0.717, 1.165) is 46.5 Å². The predicted molar refractivity (Wildman–Crippen MR) is 517 cm³/mol. The van der Waals surface area contributed by atoms with E-state index in [-0.39, 0.29) is 193 Å². The van der Waals surface area contributed by atoms with Crippen molar-refractivity contribution in [3.8, 4) is 62.5 Å². The number of benzene rings is 10. The minimum absolute atomic E-state index is 0.00188. The molecule has 14 rings (SSSR count). The SMILES string of the molecule is COc1ccc(CCNCCOc2ccc(S(=O)(=O)C3(C(=O)NO)CCOCC3)cc2)cc1.COc1cccc(CC(=O)NCCOc2ccc(S(=O)(=O)C3(C(=O)NO)CCOCC3)cc2)c1.O=C(NCCOc1ccc(S(=O)(=O)C2(C(=O)NO)CCOCC2)cc1)c1ccc(-c2ccc(O)cc2)cc1.O=C(NCCOc1ccc(S(=O)(=O)C2(C(=O)NO)CCOCC2)cc1)c1ccc(-c2ccccc2)cc1. The van der Waals surface area contributed by atoms with E-state index in [1.807, 2.05) is 91.0 Å². The van der Waals surface area contributed by atoms with Gasteiger partial charge in [-0.25, -0.2) is 55.6 Å². The maximum atomic E-state index is 13.3. The van der Waals surface area contributed by atoms with Gasteiger partial charge in [0.25, 0.3) is 35.4 Å². The van der Waals surface area contributed by atoms with Gasteiger partial charge in [0, 0.05) is 70.5 Å². The summed E-state index contributed by atoms with van der Waals surface area (Å²) in [6.45, 7) is 3.89. The number of nitrogens with one attached hydrogen (secondary N) is 8. The Balaban J connectivity index is 0.000000181. The summed E-state index contributed by atoms with van der Waals surface area (Å²) in [5.41, 5.74) is 12.9. The Bertz CT molecular complexity index is 6320. The summed E-state index contributed by atoms with van der Waals surface area (Å²) in [5, 5.41) is 57.5. The number of methoxy groups -OCH3 is 2. The van der Waals surface area contributed by atoms with Crippen LogP contribution in [-0.2, 0) is 95.1 Å². The molecule has 38 nitrogen and oxygen atoms in total. The van der Waals surface area contributed by atoms with Crippen LogP contribution < -0.4 is 71.6 Å². The zero-order valence-electron chi connectivity index (χ0n) is 77.8. The molecule has 10 aromatic rings. The average molecular weight is 2040 g/mol. The van der Waals surface area contributed by atoms with E-state index < -0.39 is 82.0 Å². The van der Waals surface area contributed by atoms with Crippen LogP contribution in [0.4, 0.5) is 0 Å². The van der Waals surface area contributed by atoms with Crippen LogP contribution >= 0.6 is 0 Å². The van der Waals surface area contributed by atoms with Gasteiger partial charge in [0.2, 0.25) is 5.91 Å². The number of hydrogen-bond acceptors (Lipinski definition) is 31. The molecule has 0 bridgehead atoms. The van der Waals surface area contributed by atoms with E-state index >= 15 is 0 Å². The smallest absolute Gasteiger partial charge is 0.265 e. The molecule has 0 unspecified atom stereocenters. The summed E-state index contributed by atoms with van der Waals surface area (Å²) in [6, 6.07) is 69.2. The van der Waals surface area contributed by atoms with Crippen molar-refractivity contribution in [1.82, 2.24) is 43.2 Å². The molecule has 0 radical (unpaired) electrons. The molecule has 4 aliphatic rings. The van der Waals surface area contributed by atoms with E-state index in [4.69, 9.17) is 68.2 Å². The lowest BCUT2D eigenvalue weighted by Gasteiger charge is -2.34. The third-order valence-electron chi connectivity index (χ3n) is 24.3. The van der Waals surface area contributed by atoms with E-state index in [9.17, 15) is 72.3 Å². The quantitative estimate of drug-likeness (QED) is 0.00972. The van der Waals surface area contributed by atoms with Crippen molar-refractivity contribution in [2.75, 3.05) is 126 Å². The van der Waals surface area contributed by atoms with Gasteiger partial charge in [-0.2, -0.15) is 0 Å². The second kappa shape index (κ2) is 51.8. The third kappa shape index (κ3) is 27.2. The number of carbonyl (C=O) groups is 7. The zero-order chi connectivity index (χ0) is 102. The number of hydrogen-bond donors (Lipinski definition) is 13. The van der Waals surface area contributed by atoms with Crippen molar-refractivity contribution in [1.29, 1.82) is 0 Å². The Labute approximate surface area is 821 Å². The molecule has 10 aromatic carbocycles. The molecule has 142 heavy (non-hydrogen) atoms. The van der Waals surface area contributed by atoms with Crippen molar-refractivity contribution in [3.05, 3.63) is 271 Å². The maximum Gasteiger partial charge on any atom is 0.265 e. The van der Waals surface area contributed by atoms with E-state index in [2.05, 4.69) is 21.3 Å². The van der Waals surface area contributed by atoms with Crippen LogP contribution in [0.25, 0.3) is 22.3 Å². The van der Waals surface area contributed by atoms with Crippen molar-refractivity contribution >= 4 is 80.7 Å². The molecule has 4 saturated heterocycles. The highest BCUT2D eigenvalue weighted by atomic mass is 32.2. The van der Waals surface area contributed by atoms with E-state index in [1.165, 1.54) is 112 Å². The molecule has 7 amide bonds. The van der Waals surface area contributed by atoms with Gasteiger partial charge in [-0.05, 0) is 255 Å². The van der Waals surface area contributed by atoms with E-state index in [0.29, 0.717) is 53.0 Å².